The Morgan fingerprint density at radius 1 is 1.50 bits per heavy atom. The maximum Gasteiger partial charge on any atom is 0.307 e. The lowest BCUT2D eigenvalue weighted by molar-refractivity contribution is -0.140. The molecule has 1 aliphatic rings. The highest BCUT2D eigenvalue weighted by atomic mass is 16.5. The highest BCUT2D eigenvalue weighted by Gasteiger charge is 2.04. The van der Waals surface area contributed by atoms with Gasteiger partial charge in [-0.25, -0.2) is 0 Å². The molecule has 0 radical (unpaired) electrons. The van der Waals surface area contributed by atoms with Crippen LogP contribution in [0.4, 0.5) is 0 Å². The standard InChI is InChI=1S/C10H18N2O2/c1-14-10(13)6-8-12-9-5-3-2-4-7-11-9/h2-8H2,1H3,(H,11,12). The molecule has 0 saturated carbocycles. The predicted molar refractivity (Wildman–Crippen MR) is 55.4 cm³/mol. The molecule has 0 spiro atoms. The zero-order chi connectivity index (χ0) is 10.2. The van der Waals surface area contributed by atoms with Crippen molar-refractivity contribution in [3.63, 3.8) is 0 Å². The van der Waals surface area contributed by atoms with Crippen LogP contribution >= 0.6 is 0 Å². The van der Waals surface area contributed by atoms with Gasteiger partial charge in [-0.3, -0.25) is 9.79 Å². The molecular formula is C10H18N2O2. The fraction of sp³-hybridized carbons (Fsp3) is 0.800. The van der Waals surface area contributed by atoms with Crippen molar-refractivity contribution in [1.29, 1.82) is 0 Å². The Kier molecular flexibility index (Phi) is 5.04. The summed E-state index contributed by atoms with van der Waals surface area (Å²) in [7, 11) is 1.41. The Balaban J connectivity index is 2.16. The Hall–Kier alpha value is -1.06. The van der Waals surface area contributed by atoms with Gasteiger partial charge < -0.3 is 10.1 Å². The third-order valence-electron chi connectivity index (χ3n) is 2.26. The lowest BCUT2D eigenvalue weighted by atomic mass is 10.2. The number of hydrogen-bond acceptors (Lipinski definition) is 4. The normalized spacial score (nSPS) is 16.8. The number of amidine groups is 1. The monoisotopic (exact) mass is 198 g/mol. The molecule has 0 aromatic carbocycles. The number of hydrogen-bond donors (Lipinski definition) is 1. The van der Waals surface area contributed by atoms with Gasteiger partial charge in [-0.1, -0.05) is 6.42 Å². The Morgan fingerprint density at radius 2 is 2.36 bits per heavy atom. The summed E-state index contributed by atoms with van der Waals surface area (Å²) in [6.07, 6.45) is 5.06. The Morgan fingerprint density at radius 3 is 3.14 bits per heavy atom. The van der Waals surface area contributed by atoms with Crippen LogP contribution in [0, 0.1) is 0 Å². The summed E-state index contributed by atoms with van der Waals surface area (Å²) in [5.74, 6) is 0.873. The van der Waals surface area contributed by atoms with E-state index in [1.807, 2.05) is 0 Å². The van der Waals surface area contributed by atoms with Crippen LogP contribution in [0.1, 0.15) is 32.1 Å². The molecule has 0 aliphatic carbocycles. The second kappa shape index (κ2) is 6.40. The van der Waals surface area contributed by atoms with E-state index in [0.29, 0.717) is 13.0 Å². The average Bonchev–Trinajstić information content (AvgIpc) is 2.46. The van der Waals surface area contributed by atoms with Crippen molar-refractivity contribution in [3.05, 3.63) is 0 Å². The second-order valence-corrected chi connectivity index (χ2v) is 3.39. The second-order valence-electron chi connectivity index (χ2n) is 3.39. The van der Waals surface area contributed by atoms with Gasteiger partial charge in [0.25, 0.3) is 0 Å². The van der Waals surface area contributed by atoms with Crippen molar-refractivity contribution in [3.8, 4) is 0 Å². The molecule has 4 heteroatoms. The molecule has 1 N–H and O–H groups in total. The highest BCUT2D eigenvalue weighted by molar-refractivity contribution is 5.82. The minimum Gasteiger partial charge on any atom is -0.469 e. The molecule has 0 saturated heterocycles. The number of rotatable bonds is 3. The van der Waals surface area contributed by atoms with E-state index in [4.69, 9.17) is 0 Å². The van der Waals surface area contributed by atoms with E-state index in [0.717, 1.165) is 18.8 Å². The molecule has 0 bridgehead atoms. The first-order valence-corrected chi connectivity index (χ1v) is 5.17. The maximum absolute atomic E-state index is 10.8. The number of nitrogens with one attached hydrogen (secondary N) is 1. The average molecular weight is 198 g/mol. The number of methoxy groups -OCH3 is 1. The minimum atomic E-state index is -0.174. The van der Waals surface area contributed by atoms with E-state index in [1.165, 1.54) is 26.4 Å². The number of ether oxygens (including phenoxy) is 1. The molecule has 0 aromatic heterocycles. The molecule has 0 aromatic rings. The van der Waals surface area contributed by atoms with E-state index in [2.05, 4.69) is 15.0 Å². The van der Waals surface area contributed by atoms with E-state index in [9.17, 15) is 4.79 Å². The maximum atomic E-state index is 10.8. The van der Waals surface area contributed by atoms with Crippen LogP contribution in [-0.2, 0) is 9.53 Å². The molecule has 0 atom stereocenters. The number of nitrogens with zero attached hydrogens (tertiary/aromatic N) is 1. The molecule has 80 valence electrons. The van der Waals surface area contributed by atoms with Crippen LogP contribution in [0.2, 0.25) is 0 Å². The molecule has 14 heavy (non-hydrogen) atoms. The summed E-state index contributed by atoms with van der Waals surface area (Å²) >= 11 is 0. The van der Waals surface area contributed by atoms with E-state index in [1.54, 1.807) is 0 Å². The summed E-state index contributed by atoms with van der Waals surface area (Å²) < 4.78 is 4.55. The molecule has 1 aliphatic heterocycles. The summed E-state index contributed by atoms with van der Waals surface area (Å²) in [6, 6.07) is 0. The van der Waals surface area contributed by atoms with Crippen molar-refractivity contribution in [2.75, 3.05) is 20.2 Å². The quantitative estimate of drug-likeness (QED) is 0.691. The van der Waals surface area contributed by atoms with Gasteiger partial charge in [0, 0.05) is 19.5 Å². The summed E-state index contributed by atoms with van der Waals surface area (Å²) in [5.41, 5.74) is 0. The summed E-state index contributed by atoms with van der Waals surface area (Å²) in [5, 5.41) is 3.18. The fourth-order valence-corrected chi connectivity index (χ4v) is 1.43. The highest BCUT2D eigenvalue weighted by Crippen LogP contribution is 2.05. The van der Waals surface area contributed by atoms with Crippen LogP contribution < -0.4 is 5.32 Å². The lowest BCUT2D eigenvalue weighted by Gasteiger charge is -2.06. The first-order valence-electron chi connectivity index (χ1n) is 5.17. The van der Waals surface area contributed by atoms with Gasteiger partial charge in [-0.15, -0.1) is 0 Å². The van der Waals surface area contributed by atoms with E-state index >= 15 is 0 Å². The van der Waals surface area contributed by atoms with Gasteiger partial charge in [0.1, 0.15) is 0 Å². The first kappa shape index (κ1) is 11.0. The molecule has 0 amide bonds. The third-order valence-corrected chi connectivity index (χ3v) is 2.26. The Labute approximate surface area is 84.7 Å². The van der Waals surface area contributed by atoms with Crippen molar-refractivity contribution < 1.29 is 9.53 Å². The number of aliphatic imine (C=N–C) groups is 1. The summed E-state index contributed by atoms with van der Waals surface area (Å²) in [4.78, 5) is 15.2. The third kappa shape index (κ3) is 4.25. The zero-order valence-electron chi connectivity index (χ0n) is 8.71. The largest absolute Gasteiger partial charge is 0.469 e. The SMILES string of the molecule is COC(=O)CCNC1=NCCCCC1. The molecule has 1 rings (SSSR count). The van der Waals surface area contributed by atoms with Gasteiger partial charge in [0.15, 0.2) is 0 Å². The molecule has 0 fully saturated rings. The Bertz CT molecular complexity index is 214. The van der Waals surface area contributed by atoms with Crippen molar-refractivity contribution in [2.24, 2.45) is 4.99 Å². The molecule has 4 nitrogen and oxygen atoms in total. The zero-order valence-corrected chi connectivity index (χ0v) is 8.71. The van der Waals surface area contributed by atoms with E-state index in [-0.39, 0.29) is 5.97 Å². The molecule has 0 unspecified atom stereocenters. The van der Waals surface area contributed by atoms with Crippen LogP contribution in [0.25, 0.3) is 0 Å². The van der Waals surface area contributed by atoms with Gasteiger partial charge >= 0.3 is 5.97 Å². The predicted octanol–water partition coefficient (Wildman–Crippen LogP) is 1.11. The van der Waals surface area contributed by atoms with Crippen LogP contribution in [0.5, 0.6) is 0 Å². The topological polar surface area (TPSA) is 50.7 Å². The smallest absolute Gasteiger partial charge is 0.307 e. The molecular weight excluding hydrogens is 180 g/mol. The van der Waals surface area contributed by atoms with Crippen LogP contribution in [0.15, 0.2) is 4.99 Å². The van der Waals surface area contributed by atoms with E-state index < -0.39 is 0 Å². The number of carbonyl (C=O) groups excluding carboxylic acids is 1. The lowest BCUT2D eigenvalue weighted by Crippen LogP contribution is -2.26. The van der Waals surface area contributed by atoms with Gasteiger partial charge in [-0.2, -0.15) is 0 Å². The number of esters is 1. The first-order chi connectivity index (χ1) is 6.83. The van der Waals surface area contributed by atoms with Gasteiger partial charge in [0.05, 0.1) is 19.4 Å². The molecule has 1 heterocycles. The van der Waals surface area contributed by atoms with Crippen molar-refractivity contribution >= 4 is 11.8 Å². The van der Waals surface area contributed by atoms with Crippen molar-refractivity contribution in [2.45, 2.75) is 32.1 Å². The number of carbonyl (C=O) groups is 1. The summed E-state index contributed by atoms with van der Waals surface area (Å²) in [6.45, 7) is 1.55. The fourth-order valence-electron chi connectivity index (χ4n) is 1.43. The van der Waals surface area contributed by atoms with Crippen LogP contribution in [0.3, 0.4) is 0 Å². The minimum absolute atomic E-state index is 0.174. The van der Waals surface area contributed by atoms with Crippen molar-refractivity contribution in [1.82, 2.24) is 5.32 Å². The van der Waals surface area contributed by atoms with Gasteiger partial charge in [-0.05, 0) is 12.8 Å². The van der Waals surface area contributed by atoms with Crippen LogP contribution in [-0.4, -0.2) is 32.0 Å². The van der Waals surface area contributed by atoms with Gasteiger partial charge in [0.2, 0.25) is 0 Å².